The van der Waals surface area contributed by atoms with Gasteiger partial charge in [-0.3, -0.25) is 9.59 Å². The number of thioether (sulfide) groups is 1. The lowest BCUT2D eigenvalue weighted by Crippen LogP contribution is -2.31. The van der Waals surface area contributed by atoms with E-state index in [2.05, 4.69) is 10.0 Å². The third kappa shape index (κ3) is 7.02. The van der Waals surface area contributed by atoms with Crippen LogP contribution in [0.15, 0.2) is 29.2 Å². The van der Waals surface area contributed by atoms with Crippen LogP contribution in [0.1, 0.15) is 24.2 Å². The Hall–Kier alpha value is -1.58. The minimum atomic E-state index is -3.65. The average Bonchev–Trinajstić information content (AvgIpc) is 2.45. The molecule has 0 heterocycles. The lowest BCUT2D eigenvalue weighted by atomic mass is 10.2. The molecule has 0 aromatic heterocycles. The van der Waals surface area contributed by atoms with Crippen LogP contribution in [0.3, 0.4) is 0 Å². The molecule has 0 aliphatic rings. The zero-order valence-electron chi connectivity index (χ0n) is 12.9. The fourth-order valence-corrected chi connectivity index (χ4v) is 3.54. The van der Waals surface area contributed by atoms with Crippen molar-refractivity contribution in [1.82, 2.24) is 10.0 Å². The quantitative estimate of drug-likeness (QED) is 0.565. The van der Waals surface area contributed by atoms with E-state index in [0.29, 0.717) is 12.3 Å². The lowest BCUT2D eigenvalue weighted by Gasteiger charge is -2.10. The van der Waals surface area contributed by atoms with Gasteiger partial charge in [-0.2, -0.15) is 0 Å². The average molecular weight is 360 g/mol. The van der Waals surface area contributed by atoms with E-state index in [0.717, 1.165) is 0 Å². The van der Waals surface area contributed by atoms with Gasteiger partial charge in [-0.15, -0.1) is 11.8 Å². The summed E-state index contributed by atoms with van der Waals surface area (Å²) < 4.78 is 26.6. The zero-order valence-corrected chi connectivity index (χ0v) is 14.5. The van der Waals surface area contributed by atoms with Gasteiger partial charge in [0.25, 0.3) is 5.91 Å². The molecule has 0 radical (unpaired) electrons. The van der Waals surface area contributed by atoms with Crippen molar-refractivity contribution in [2.45, 2.75) is 24.8 Å². The first-order valence-corrected chi connectivity index (χ1v) is 9.56. The maximum absolute atomic E-state index is 12.1. The summed E-state index contributed by atoms with van der Waals surface area (Å²) in [7, 11) is -3.65. The molecule has 3 N–H and O–H groups in total. The van der Waals surface area contributed by atoms with Crippen molar-refractivity contribution in [2.75, 3.05) is 18.1 Å². The molecule has 7 nitrogen and oxygen atoms in total. The lowest BCUT2D eigenvalue weighted by molar-refractivity contribution is -0.133. The third-order valence-corrected chi connectivity index (χ3v) is 5.15. The van der Waals surface area contributed by atoms with Crippen molar-refractivity contribution in [2.24, 2.45) is 0 Å². The standard InChI is InChI=1S/C14H20N2O5S2/c1-10(2)16-23(20,21)12-5-3-4-11(8-12)14(19)15-6-7-22-9-13(17)18/h3-5,8,10,16H,6-7,9H2,1-2H3,(H,15,19)(H,17,18). The SMILES string of the molecule is CC(C)NS(=O)(=O)c1cccc(C(=O)NCCSCC(=O)O)c1. The summed E-state index contributed by atoms with van der Waals surface area (Å²) >= 11 is 1.19. The summed E-state index contributed by atoms with van der Waals surface area (Å²) in [6, 6.07) is 5.51. The molecule has 0 aliphatic carbocycles. The van der Waals surface area contributed by atoms with Crippen LogP contribution >= 0.6 is 11.8 Å². The number of hydrogen-bond acceptors (Lipinski definition) is 5. The third-order valence-electron chi connectivity index (χ3n) is 2.55. The van der Waals surface area contributed by atoms with Crippen LogP contribution in [-0.4, -0.2) is 49.5 Å². The smallest absolute Gasteiger partial charge is 0.313 e. The van der Waals surface area contributed by atoms with Gasteiger partial charge in [0, 0.05) is 23.9 Å². The largest absolute Gasteiger partial charge is 0.481 e. The summed E-state index contributed by atoms with van der Waals surface area (Å²) in [6.45, 7) is 3.73. The highest BCUT2D eigenvalue weighted by molar-refractivity contribution is 7.99. The van der Waals surface area contributed by atoms with Crippen molar-refractivity contribution in [3.05, 3.63) is 29.8 Å². The molecule has 1 rings (SSSR count). The van der Waals surface area contributed by atoms with Gasteiger partial charge in [0.15, 0.2) is 0 Å². The van der Waals surface area contributed by atoms with Gasteiger partial charge in [0.05, 0.1) is 10.6 Å². The second kappa shape index (κ2) is 8.90. The van der Waals surface area contributed by atoms with Crippen molar-refractivity contribution in [1.29, 1.82) is 0 Å². The molecule has 0 atom stereocenters. The van der Waals surface area contributed by atoms with E-state index in [9.17, 15) is 18.0 Å². The predicted molar refractivity (Wildman–Crippen MR) is 89.2 cm³/mol. The Morgan fingerprint density at radius 2 is 2.00 bits per heavy atom. The van der Waals surface area contributed by atoms with E-state index >= 15 is 0 Å². The van der Waals surface area contributed by atoms with Gasteiger partial charge in [-0.25, -0.2) is 13.1 Å². The van der Waals surface area contributed by atoms with Crippen LogP contribution in [0.25, 0.3) is 0 Å². The minimum absolute atomic E-state index is 0.0233. The molecule has 0 unspecified atom stereocenters. The fraction of sp³-hybridized carbons (Fsp3) is 0.429. The van der Waals surface area contributed by atoms with Crippen LogP contribution in [0.5, 0.6) is 0 Å². The van der Waals surface area contributed by atoms with E-state index in [1.54, 1.807) is 13.8 Å². The van der Waals surface area contributed by atoms with Crippen molar-refractivity contribution >= 4 is 33.7 Å². The summed E-state index contributed by atoms with van der Waals surface area (Å²) in [5, 5.41) is 11.1. The highest BCUT2D eigenvalue weighted by Gasteiger charge is 2.17. The highest BCUT2D eigenvalue weighted by Crippen LogP contribution is 2.12. The molecule has 1 aromatic rings. The Morgan fingerprint density at radius 3 is 2.61 bits per heavy atom. The number of hydrogen-bond donors (Lipinski definition) is 3. The molecule has 0 bridgehead atoms. The van der Waals surface area contributed by atoms with Gasteiger partial charge < -0.3 is 10.4 Å². The van der Waals surface area contributed by atoms with Gasteiger partial charge in [0.1, 0.15) is 0 Å². The minimum Gasteiger partial charge on any atom is -0.481 e. The normalized spacial score (nSPS) is 11.4. The van der Waals surface area contributed by atoms with E-state index in [1.807, 2.05) is 0 Å². The second-order valence-corrected chi connectivity index (χ2v) is 7.83. The first-order chi connectivity index (χ1) is 10.7. The van der Waals surface area contributed by atoms with Crippen LogP contribution in [-0.2, 0) is 14.8 Å². The number of nitrogens with one attached hydrogen (secondary N) is 2. The molecule has 23 heavy (non-hydrogen) atoms. The predicted octanol–water partition coefficient (Wildman–Crippen LogP) is 0.921. The number of carboxylic acid groups (broad SMARTS) is 1. The molecule has 0 aliphatic heterocycles. The van der Waals surface area contributed by atoms with Gasteiger partial charge in [-0.05, 0) is 32.0 Å². The number of carboxylic acids is 1. The number of amides is 1. The van der Waals surface area contributed by atoms with Gasteiger partial charge >= 0.3 is 5.97 Å². The molecule has 1 amide bonds. The van der Waals surface area contributed by atoms with E-state index in [-0.39, 0.29) is 22.3 Å². The first-order valence-electron chi connectivity index (χ1n) is 6.92. The molecular weight excluding hydrogens is 340 g/mol. The molecule has 1 aromatic carbocycles. The number of carbonyl (C=O) groups excluding carboxylic acids is 1. The molecule has 128 valence electrons. The Labute approximate surface area is 139 Å². The van der Waals surface area contributed by atoms with Gasteiger partial charge in [0.2, 0.25) is 10.0 Å². The molecule has 9 heteroatoms. The first kappa shape index (κ1) is 19.5. The molecule has 0 fully saturated rings. The van der Waals surface area contributed by atoms with Crippen LogP contribution in [0, 0.1) is 0 Å². The zero-order chi connectivity index (χ0) is 17.5. The monoisotopic (exact) mass is 360 g/mol. The van der Waals surface area contributed by atoms with Crippen molar-refractivity contribution < 1.29 is 23.1 Å². The molecule has 0 spiro atoms. The van der Waals surface area contributed by atoms with E-state index < -0.39 is 21.9 Å². The topological polar surface area (TPSA) is 113 Å². The van der Waals surface area contributed by atoms with Crippen LogP contribution in [0.2, 0.25) is 0 Å². The Kier molecular flexibility index (Phi) is 7.53. The Bertz CT molecular complexity index is 659. The van der Waals surface area contributed by atoms with E-state index in [4.69, 9.17) is 5.11 Å². The van der Waals surface area contributed by atoms with Crippen LogP contribution < -0.4 is 10.0 Å². The second-order valence-electron chi connectivity index (χ2n) is 5.01. The Morgan fingerprint density at radius 1 is 1.30 bits per heavy atom. The number of sulfonamides is 1. The van der Waals surface area contributed by atoms with E-state index in [1.165, 1.54) is 36.0 Å². The van der Waals surface area contributed by atoms with Crippen LogP contribution in [0.4, 0.5) is 0 Å². The van der Waals surface area contributed by atoms with Crippen molar-refractivity contribution in [3.8, 4) is 0 Å². The fourth-order valence-electron chi connectivity index (χ4n) is 1.68. The van der Waals surface area contributed by atoms with Crippen molar-refractivity contribution in [3.63, 3.8) is 0 Å². The summed E-state index contributed by atoms with van der Waals surface area (Å²) in [5.41, 5.74) is 0.236. The number of benzene rings is 1. The highest BCUT2D eigenvalue weighted by atomic mass is 32.2. The number of carbonyl (C=O) groups is 2. The van der Waals surface area contributed by atoms with Gasteiger partial charge in [-0.1, -0.05) is 6.07 Å². The summed E-state index contributed by atoms with van der Waals surface area (Å²) in [4.78, 5) is 22.4. The maximum Gasteiger partial charge on any atom is 0.313 e. The summed E-state index contributed by atoms with van der Waals surface area (Å²) in [6.07, 6.45) is 0. The maximum atomic E-state index is 12.1. The summed E-state index contributed by atoms with van der Waals surface area (Å²) in [5.74, 6) is -0.866. The Balaban J connectivity index is 2.65. The molecular formula is C14H20N2O5S2. The molecule has 0 saturated heterocycles. The number of aliphatic carboxylic acids is 1. The molecule has 0 saturated carbocycles. The number of rotatable bonds is 9.